The van der Waals surface area contributed by atoms with Gasteiger partial charge < -0.3 is 0 Å². The zero-order valence-corrected chi connectivity index (χ0v) is 11.7. The lowest BCUT2D eigenvalue weighted by Gasteiger charge is -2.07. The normalized spacial score (nSPS) is 11.8. The Morgan fingerprint density at radius 2 is 1.56 bits per heavy atom. The van der Waals surface area contributed by atoms with Gasteiger partial charge in [-0.1, -0.05) is 64.4 Å². The maximum atomic E-state index is 3.42. The van der Waals surface area contributed by atoms with Crippen LogP contribution in [0.3, 0.4) is 0 Å². The van der Waals surface area contributed by atoms with E-state index in [1.807, 2.05) is 0 Å². The third-order valence-electron chi connectivity index (χ3n) is 2.80. The molecule has 92 valence electrons. The smallest absolute Gasteiger partial charge is 0.00922 e. The van der Waals surface area contributed by atoms with Gasteiger partial charge in [0.25, 0.3) is 0 Å². The molecule has 0 heterocycles. The summed E-state index contributed by atoms with van der Waals surface area (Å²) in [4.78, 5) is 0. The zero-order chi connectivity index (χ0) is 12.2. The molecule has 0 N–H and O–H groups in total. The number of unbranched alkanes of at least 4 members (excludes halogenated alkanes) is 2. The van der Waals surface area contributed by atoms with E-state index in [1.165, 1.54) is 50.5 Å². The quantitative estimate of drug-likeness (QED) is 0.393. The number of hydrogen-bond acceptors (Lipinski definition) is 0. The predicted octanol–water partition coefficient (Wildman–Crippen LogP) is 5.49. The van der Waals surface area contributed by atoms with E-state index >= 15 is 0 Å². The highest BCUT2D eigenvalue weighted by Gasteiger charge is 2.01. The summed E-state index contributed by atoms with van der Waals surface area (Å²) in [5.74, 6) is 6.76. The molecule has 0 unspecified atom stereocenters. The van der Waals surface area contributed by atoms with Crippen molar-refractivity contribution < 1.29 is 0 Å². The van der Waals surface area contributed by atoms with Gasteiger partial charge in [-0.05, 0) is 25.7 Å². The Balaban J connectivity index is 4.58. The van der Waals surface area contributed by atoms with Crippen molar-refractivity contribution >= 4 is 0 Å². The van der Waals surface area contributed by atoms with Crippen molar-refractivity contribution in [3.8, 4) is 11.8 Å². The van der Waals surface area contributed by atoms with E-state index in [2.05, 4.69) is 39.5 Å². The Hall–Kier alpha value is -0.700. The van der Waals surface area contributed by atoms with Crippen molar-refractivity contribution in [3.05, 3.63) is 11.1 Å². The summed E-state index contributed by atoms with van der Waals surface area (Å²) in [6.07, 6.45) is 9.58. The van der Waals surface area contributed by atoms with Gasteiger partial charge in [0.1, 0.15) is 0 Å². The van der Waals surface area contributed by atoms with Crippen molar-refractivity contribution in [2.45, 2.75) is 79.1 Å². The number of hydrogen-bond donors (Lipinski definition) is 0. The van der Waals surface area contributed by atoms with E-state index in [0.29, 0.717) is 0 Å². The van der Waals surface area contributed by atoms with Gasteiger partial charge in [0.2, 0.25) is 0 Å². The van der Waals surface area contributed by atoms with Crippen LogP contribution in [0.5, 0.6) is 0 Å². The van der Waals surface area contributed by atoms with Crippen molar-refractivity contribution in [1.82, 2.24) is 0 Å². The lowest BCUT2D eigenvalue weighted by molar-refractivity contribution is 0.816. The molecule has 0 radical (unpaired) electrons. The molecule has 0 aliphatic rings. The van der Waals surface area contributed by atoms with Gasteiger partial charge in [0.05, 0.1) is 0 Å². The third kappa shape index (κ3) is 6.72. The van der Waals surface area contributed by atoms with Gasteiger partial charge >= 0.3 is 0 Å². The molecule has 16 heavy (non-hydrogen) atoms. The minimum atomic E-state index is 1.06. The molecule has 0 bridgehead atoms. The molecule has 0 saturated carbocycles. The highest BCUT2D eigenvalue weighted by molar-refractivity contribution is 5.33. The van der Waals surface area contributed by atoms with Gasteiger partial charge in [-0.25, -0.2) is 0 Å². The number of allylic oxidation sites excluding steroid dienone is 2. The Kier molecular flexibility index (Phi) is 10.3. The summed E-state index contributed by atoms with van der Waals surface area (Å²) in [7, 11) is 0. The van der Waals surface area contributed by atoms with Crippen LogP contribution in [0.2, 0.25) is 0 Å². The average Bonchev–Trinajstić information content (AvgIpc) is 2.30. The predicted molar refractivity (Wildman–Crippen MR) is 74.4 cm³/mol. The maximum Gasteiger partial charge on any atom is 0.00922 e. The molecule has 0 fully saturated rings. The molecular weight excluding hydrogens is 192 g/mol. The fourth-order valence-corrected chi connectivity index (χ4v) is 1.85. The Morgan fingerprint density at radius 1 is 0.875 bits per heavy atom. The van der Waals surface area contributed by atoms with Crippen LogP contribution >= 0.6 is 0 Å². The van der Waals surface area contributed by atoms with Gasteiger partial charge in [-0.2, -0.15) is 0 Å². The van der Waals surface area contributed by atoms with Crippen molar-refractivity contribution in [2.24, 2.45) is 0 Å². The molecule has 0 aromatic rings. The monoisotopic (exact) mass is 220 g/mol. The highest BCUT2D eigenvalue weighted by atomic mass is 14.1. The van der Waals surface area contributed by atoms with E-state index in [-0.39, 0.29) is 0 Å². The maximum absolute atomic E-state index is 3.42. The Bertz CT molecular complexity index is 247. The van der Waals surface area contributed by atoms with Crippen LogP contribution in [0.4, 0.5) is 0 Å². The molecule has 0 nitrogen and oxygen atoms in total. The molecule has 0 aromatic carbocycles. The van der Waals surface area contributed by atoms with Gasteiger partial charge in [-0.3, -0.25) is 0 Å². The minimum absolute atomic E-state index is 1.06. The minimum Gasteiger partial charge on any atom is -0.0982 e. The molecule has 0 aliphatic heterocycles. The largest absolute Gasteiger partial charge is 0.0982 e. The van der Waals surface area contributed by atoms with Gasteiger partial charge in [0.15, 0.2) is 0 Å². The lowest BCUT2D eigenvalue weighted by Crippen LogP contribution is -1.90. The summed E-state index contributed by atoms with van der Waals surface area (Å²) in [6.45, 7) is 8.98. The van der Waals surface area contributed by atoms with Crippen LogP contribution in [-0.4, -0.2) is 0 Å². The average molecular weight is 220 g/mol. The van der Waals surface area contributed by atoms with Crippen molar-refractivity contribution in [3.63, 3.8) is 0 Å². The molecule has 0 atom stereocenters. The van der Waals surface area contributed by atoms with Crippen molar-refractivity contribution in [1.29, 1.82) is 0 Å². The second-order valence-electron chi connectivity index (χ2n) is 4.34. The van der Waals surface area contributed by atoms with Crippen LogP contribution < -0.4 is 0 Å². The molecule has 0 saturated heterocycles. The number of rotatable bonds is 7. The molecule has 0 rings (SSSR count). The standard InChI is InChI=1S/C16H28/c1-5-9-10-11-14-16(13-7-3)15(8-4)12-6-2/h5-10,12-13H2,1-4H3/b16-15+. The Morgan fingerprint density at radius 3 is 2.06 bits per heavy atom. The second kappa shape index (κ2) is 10.8. The second-order valence-corrected chi connectivity index (χ2v) is 4.34. The molecule has 0 spiro atoms. The Labute approximate surface area is 103 Å². The molecule has 0 amide bonds. The first-order valence-electron chi connectivity index (χ1n) is 6.99. The fraction of sp³-hybridized carbons (Fsp3) is 0.750. The first kappa shape index (κ1) is 15.3. The van der Waals surface area contributed by atoms with E-state index in [0.717, 1.165) is 6.42 Å². The molecule has 0 aromatic heterocycles. The van der Waals surface area contributed by atoms with Gasteiger partial charge in [-0.15, -0.1) is 0 Å². The first-order valence-corrected chi connectivity index (χ1v) is 6.99. The zero-order valence-electron chi connectivity index (χ0n) is 11.7. The highest BCUT2D eigenvalue weighted by Crippen LogP contribution is 2.18. The van der Waals surface area contributed by atoms with E-state index in [4.69, 9.17) is 0 Å². The fourth-order valence-electron chi connectivity index (χ4n) is 1.85. The van der Waals surface area contributed by atoms with Crippen molar-refractivity contribution in [2.75, 3.05) is 0 Å². The summed E-state index contributed by atoms with van der Waals surface area (Å²) in [5.41, 5.74) is 3.02. The van der Waals surface area contributed by atoms with E-state index < -0.39 is 0 Å². The third-order valence-corrected chi connectivity index (χ3v) is 2.80. The summed E-state index contributed by atoms with van der Waals surface area (Å²) < 4.78 is 0. The van der Waals surface area contributed by atoms with Crippen LogP contribution in [0.15, 0.2) is 11.1 Å². The van der Waals surface area contributed by atoms with E-state index in [1.54, 1.807) is 5.57 Å². The topological polar surface area (TPSA) is 0 Å². The summed E-state index contributed by atoms with van der Waals surface area (Å²) in [5, 5.41) is 0. The lowest BCUT2D eigenvalue weighted by atomic mass is 9.98. The van der Waals surface area contributed by atoms with Crippen LogP contribution in [0.25, 0.3) is 0 Å². The molecule has 0 aliphatic carbocycles. The SMILES string of the molecule is CCCCC#C/C(CCC)=C(\CC)CCC. The van der Waals surface area contributed by atoms with Crippen LogP contribution in [-0.2, 0) is 0 Å². The van der Waals surface area contributed by atoms with Crippen LogP contribution in [0, 0.1) is 11.8 Å². The van der Waals surface area contributed by atoms with Crippen LogP contribution in [0.1, 0.15) is 79.1 Å². The molecule has 0 heteroatoms. The first-order chi connectivity index (χ1) is 7.79. The summed E-state index contributed by atoms with van der Waals surface area (Å²) in [6, 6.07) is 0. The van der Waals surface area contributed by atoms with Gasteiger partial charge in [0, 0.05) is 12.0 Å². The summed E-state index contributed by atoms with van der Waals surface area (Å²) >= 11 is 0. The van der Waals surface area contributed by atoms with E-state index in [9.17, 15) is 0 Å². The molecular formula is C16H28.